The number of piperazine rings is 1. The van der Waals surface area contributed by atoms with Crippen LogP contribution in [0.4, 0.5) is 18.9 Å². The average Bonchev–Trinajstić information content (AvgIpc) is 2.71. The number of aryl methyl sites for hydroxylation is 2. The van der Waals surface area contributed by atoms with Crippen LogP contribution in [0.3, 0.4) is 0 Å². The minimum atomic E-state index is -4.29. The summed E-state index contributed by atoms with van der Waals surface area (Å²) in [6.07, 6.45) is -5.26. The van der Waals surface area contributed by atoms with Crippen molar-refractivity contribution in [2.75, 3.05) is 32.7 Å². The Morgan fingerprint density at radius 3 is 2.18 bits per heavy atom. The predicted octanol–water partition coefficient (Wildman–Crippen LogP) is 4.26. The summed E-state index contributed by atoms with van der Waals surface area (Å²) in [4.78, 5) is 11.7. The number of hydrogen-bond donors (Lipinski definition) is 0. The van der Waals surface area contributed by atoms with E-state index in [9.17, 15) is 31.7 Å². The molecule has 0 aliphatic carbocycles. The molecule has 33 heavy (non-hydrogen) atoms. The lowest BCUT2D eigenvalue weighted by Gasteiger charge is -2.34. The van der Waals surface area contributed by atoms with E-state index in [-0.39, 0.29) is 43.4 Å². The Balaban J connectivity index is 1.86. The van der Waals surface area contributed by atoms with Crippen LogP contribution in [-0.4, -0.2) is 61.4 Å². The Morgan fingerprint density at radius 1 is 1.03 bits per heavy atom. The number of rotatable bonds is 7. The maximum atomic E-state index is 13.4. The molecule has 0 amide bonds. The molecule has 3 rings (SSSR count). The number of non-ortho nitro benzene ring substituents is 1. The Labute approximate surface area is 189 Å². The van der Waals surface area contributed by atoms with Crippen molar-refractivity contribution >= 4 is 15.7 Å². The minimum absolute atomic E-state index is 0.0358. The smallest absolute Gasteiger partial charge is 0.390 e. The van der Waals surface area contributed by atoms with Crippen molar-refractivity contribution in [3.63, 3.8) is 0 Å². The minimum Gasteiger partial charge on any atom is -0.456 e. The summed E-state index contributed by atoms with van der Waals surface area (Å²) in [5.74, 6) is 0.319. The molecule has 1 heterocycles. The third-order valence-corrected chi connectivity index (χ3v) is 7.14. The maximum absolute atomic E-state index is 13.4. The van der Waals surface area contributed by atoms with Crippen molar-refractivity contribution in [1.82, 2.24) is 9.21 Å². The molecular weight excluding hydrogens is 463 g/mol. The lowest BCUT2D eigenvalue weighted by atomic mass is 10.1. The summed E-state index contributed by atoms with van der Waals surface area (Å²) in [5, 5.41) is 11.3. The van der Waals surface area contributed by atoms with Crippen LogP contribution in [0, 0.1) is 24.0 Å². The van der Waals surface area contributed by atoms with Crippen molar-refractivity contribution in [2.24, 2.45) is 0 Å². The highest BCUT2D eigenvalue weighted by Crippen LogP contribution is 2.35. The predicted molar refractivity (Wildman–Crippen MR) is 115 cm³/mol. The van der Waals surface area contributed by atoms with Gasteiger partial charge in [0.1, 0.15) is 16.4 Å². The second-order valence-electron chi connectivity index (χ2n) is 7.92. The second kappa shape index (κ2) is 9.65. The van der Waals surface area contributed by atoms with Gasteiger partial charge in [-0.1, -0.05) is 6.07 Å². The lowest BCUT2D eigenvalue weighted by Crippen LogP contribution is -2.49. The van der Waals surface area contributed by atoms with Crippen LogP contribution in [0.5, 0.6) is 11.5 Å². The fourth-order valence-electron chi connectivity index (χ4n) is 3.63. The van der Waals surface area contributed by atoms with Crippen LogP contribution >= 0.6 is 0 Å². The molecule has 0 bridgehead atoms. The molecule has 1 aliphatic rings. The van der Waals surface area contributed by atoms with Gasteiger partial charge in [0, 0.05) is 44.9 Å². The number of sulfonamides is 1. The van der Waals surface area contributed by atoms with E-state index in [1.165, 1.54) is 6.07 Å². The van der Waals surface area contributed by atoms with Crippen molar-refractivity contribution in [2.45, 2.75) is 31.3 Å². The zero-order valence-corrected chi connectivity index (χ0v) is 18.9. The molecule has 12 heteroatoms. The molecule has 2 aromatic rings. The third kappa shape index (κ3) is 6.42. The molecule has 180 valence electrons. The Hall–Kier alpha value is -2.70. The molecular formula is C21H24F3N3O5S. The Kier molecular flexibility index (Phi) is 7.29. The van der Waals surface area contributed by atoms with Gasteiger partial charge in [-0.05, 0) is 43.2 Å². The Morgan fingerprint density at radius 2 is 1.64 bits per heavy atom. The first-order chi connectivity index (χ1) is 15.3. The molecule has 8 nitrogen and oxygen atoms in total. The van der Waals surface area contributed by atoms with Gasteiger partial charge in [-0.3, -0.25) is 10.1 Å². The van der Waals surface area contributed by atoms with Crippen molar-refractivity contribution < 1.29 is 31.2 Å². The lowest BCUT2D eigenvalue weighted by molar-refractivity contribution is -0.385. The summed E-state index contributed by atoms with van der Waals surface area (Å²) in [7, 11) is -4.20. The molecule has 2 aromatic carbocycles. The third-order valence-electron chi connectivity index (χ3n) is 5.22. The van der Waals surface area contributed by atoms with Crippen LogP contribution in [0.25, 0.3) is 0 Å². The summed E-state index contributed by atoms with van der Waals surface area (Å²) < 4.78 is 71.1. The average molecular weight is 488 g/mol. The topological polar surface area (TPSA) is 93.0 Å². The van der Waals surface area contributed by atoms with E-state index in [0.717, 1.165) is 27.6 Å². The van der Waals surface area contributed by atoms with Gasteiger partial charge in [-0.15, -0.1) is 0 Å². The second-order valence-corrected chi connectivity index (χ2v) is 9.83. The van der Waals surface area contributed by atoms with Gasteiger partial charge in [-0.2, -0.15) is 17.5 Å². The highest BCUT2D eigenvalue weighted by molar-refractivity contribution is 7.89. The first-order valence-corrected chi connectivity index (χ1v) is 11.6. The zero-order valence-electron chi connectivity index (χ0n) is 18.1. The van der Waals surface area contributed by atoms with Crippen molar-refractivity contribution in [1.29, 1.82) is 0 Å². The highest BCUT2D eigenvalue weighted by atomic mass is 32.2. The van der Waals surface area contributed by atoms with E-state index in [2.05, 4.69) is 0 Å². The van der Waals surface area contributed by atoms with Crippen molar-refractivity contribution in [3.05, 3.63) is 57.6 Å². The molecule has 0 N–H and O–H groups in total. The number of alkyl halides is 3. The SMILES string of the molecule is Cc1cc(C)cc(Oc2ccc([N+](=O)[O-])cc2S(=O)(=O)N2CCN(CCC(F)(F)F)CC2)c1. The van der Waals surface area contributed by atoms with E-state index in [0.29, 0.717) is 5.75 Å². The van der Waals surface area contributed by atoms with E-state index in [4.69, 9.17) is 4.74 Å². The van der Waals surface area contributed by atoms with Crippen LogP contribution < -0.4 is 4.74 Å². The van der Waals surface area contributed by atoms with Gasteiger partial charge in [0.15, 0.2) is 0 Å². The molecule has 0 aromatic heterocycles. The fraction of sp³-hybridized carbons (Fsp3) is 0.429. The quantitative estimate of drug-likeness (QED) is 0.428. The van der Waals surface area contributed by atoms with Gasteiger partial charge < -0.3 is 9.64 Å². The summed E-state index contributed by atoms with van der Waals surface area (Å²) in [5.41, 5.74) is 1.38. The van der Waals surface area contributed by atoms with Gasteiger partial charge in [0.05, 0.1) is 11.3 Å². The van der Waals surface area contributed by atoms with E-state index >= 15 is 0 Å². The highest BCUT2D eigenvalue weighted by Gasteiger charge is 2.34. The van der Waals surface area contributed by atoms with Crippen molar-refractivity contribution in [3.8, 4) is 11.5 Å². The van der Waals surface area contributed by atoms with E-state index < -0.39 is 33.2 Å². The normalized spacial score (nSPS) is 16.0. The molecule has 1 saturated heterocycles. The molecule has 1 aliphatic heterocycles. The fourth-order valence-corrected chi connectivity index (χ4v) is 5.19. The van der Waals surface area contributed by atoms with Crippen LogP contribution in [0.15, 0.2) is 41.3 Å². The van der Waals surface area contributed by atoms with Gasteiger partial charge in [-0.25, -0.2) is 8.42 Å². The first-order valence-electron chi connectivity index (χ1n) is 10.2. The summed E-state index contributed by atoms with van der Waals surface area (Å²) in [6, 6.07) is 8.69. The number of halogens is 3. The number of nitro groups is 1. The monoisotopic (exact) mass is 487 g/mol. The largest absolute Gasteiger partial charge is 0.456 e. The summed E-state index contributed by atoms with van der Waals surface area (Å²) in [6.45, 7) is 3.67. The number of benzene rings is 2. The molecule has 0 atom stereocenters. The van der Waals surface area contributed by atoms with Gasteiger partial charge in [0.25, 0.3) is 5.69 Å². The van der Waals surface area contributed by atoms with Crippen LogP contribution in [0.2, 0.25) is 0 Å². The molecule has 1 fully saturated rings. The maximum Gasteiger partial charge on any atom is 0.390 e. The number of hydrogen-bond acceptors (Lipinski definition) is 6. The molecule has 0 spiro atoms. The first kappa shape index (κ1) is 24.9. The number of ether oxygens (including phenoxy) is 1. The Bertz CT molecular complexity index is 1110. The van der Waals surface area contributed by atoms with Gasteiger partial charge in [0.2, 0.25) is 10.0 Å². The van der Waals surface area contributed by atoms with E-state index in [1.54, 1.807) is 17.0 Å². The number of nitro benzene ring substituents is 1. The number of nitrogens with zero attached hydrogens (tertiary/aromatic N) is 3. The van der Waals surface area contributed by atoms with Crippen LogP contribution in [-0.2, 0) is 10.0 Å². The molecule has 0 radical (unpaired) electrons. The molecule has 0 saturated carbocycles. The summed E-state index contributed by atoms with van der Waals surface area (Å²) >= 11 is 0. The standard InChI is InChI=1S/C21H24F3N3O5S/c1-15-11-16(2)13-18(12-15)32-19-4-3-17(27(28)29)14-20(19)33(30,31)26-9-7-25(8-10-26)6-5-21(22,23)24/h3-4,11-14H,5-10H2,1-2H3. The van der Waals surface area contributed by atoms with E-state index in [1.807, 2.05) is 19.9 Å². The zero-order chi connectivity index (χ0) is 24.4. The molecule has 0 unspecified atom stereocenters. The van der Waals surface area contributed by atoms with Gasteiger partial charge >= 0.3 is 6.18 Å². The van der Waals surface area contributed by atoms with Crippen LogP contribution in [0.1, 0.15) is 17.5 Å².